The lowest BCUT2D eigenvalue weighted by Crippen LogP contribution is -2.27. The van der Waals surface area contributed by atoms with Crippen LogP contribution in [0.15, 0.2) is 29.9 Å². The molecule has 4 nitrogen and oxygen atoms in total. The fourth-order valence-electron chi connectivity index (χ4n) is 2.13. The second-order valence-electron chi connectivity index (χ2n) is 6.51. The molecule has 0 amide bonds. The Bertz CT molecular complexity index is 542. The van der Waals surface area contributed by atoms with E-state index in [0.29, 0.717) is 6.42 Å². The molecule has 2 heterocycles. The monoisotopic (exact) mass is 307 g/mol. The predicted octanol–water partition coefficient (Wildman–Crippen LogP) is 3.30. The molecule has 21 heavy (non-hydrogen) atoms. The lowest BCUT2D eigenvalue weighted by molar-refractivity contribution is 0.157. The summed E-state index contributed by atoms with van der Waals surface area (Å²) in [6.45, 7) is 9.28. The minimum absolute atomic E-state index is 0.0131. The van der Waals surface area contributed by atoms with Crippen LogP contribution in [0, 0.1) is 0 Å². The summed E-state index contributed by atoms with van der Waals surface area (Å²) in [5, 5.41) is 20.0. The van der Waals surface area contributed by atoms with Crippen molar-refractivity contribution in [3.63, 3.8) is 0 Å². The maximum absolute atomic E-state index is 10.1. The molecule has 0 saturated carbocycles. The van der Waals surface area contributed by atoms with Gasteiger partial charge in [-0.15, -0.1) is 11.3 Å². The number of rotatable bonds is 6. The summed E-state index contributed by atoms with van der Waals surface area (Å²) in [6.07, 6.45) is 4.31. The van der Waals surface area contributed by atoms with Crippen molar-refractivity contribution in [1.29, 1.82) is 0 Å². The molecule has 0 aliphatic carbocycles. The van der Waals surface area contributed by atoms with E-state index in [0.717, 1.165) is 11.4 Å². The first-order valence-corrected chi connectivity index (χ1v) is 8.23. The van der Waals surface area contributed by atoms with E-state index in [2.05, 4.69) is 44.3 Å². The highest BCUT2D eigenvalue weighted by Gasteiger charge is 2.15. The molecule has 0 aliphatic heterocycles. The average molecular weight is 307 g/mol. The molecule has 2 atom stereocenters. The number of hydrogen-bond donors (Lipinski definition) is 2. The van der Waals surface area contributed by atoms with Gasteiger partial charge in [-0.2, -0.15) is 5.10 Å². The zero-order valence-electron chi connectivity index (χ0n) is 13.2. The van der Waals surface area contributed by atoms with Crippen LogP contribution in [0.5, 0.6) is 0 Å². The highest BCUT2D eigenvalue weighted by Crippen LogP contribution is 2.23. The third-order valence-electron chi connectivity index (χ3n) is 3.43. The van der Waals surface area contributed by atoms with Crippen molar-refractivity contribution in [1.82, 2.24) is 15.1 Å². The van der Waals surface area contributed by atoms with Gasteiger partial charge in [0.25, 0.3) is 0 Å². The van der Waals surface area contributed by atoms with Gasteiger partial charge in [0, 0.05) is 29.2 Å². The van der Waals surface area contributed by atoms with Gasteiger partial charge in [0.1, 0.15) is 0 Å². The van der Waals surface area contributed by atoms with Crippen LogP contribution < -0.4 is 5.32 Å². The van der Waals surface area contributed by atoms with Crippen LogP contribution in [0.4, 0.5) is 0 Å². The molecule has 0 aliphatic rings. The predicted molar refractivity (Wildman–Crippen MR) is 87.4 cm³/mol. The number of hydrogen-bond acceptors (Lipinski definition) is 4. The second-order valence-corrected chi connectivity index (χ2v) is 7.49. The maximum atomic E-state index is 10.1. The number of aliphatic hydroxyl groups excluding tert-OH is 1. The Kier molecular flexibility index (Phi) is 5.19. The van der Waals surface area contributed by atoms with Crippen LogP contribution in [0.2, 0.25) is 0 Å². The Morgan fingerprint density at radius 1 is 1.43 bits per heavy atom. The molecule has 0 aromatic carbocycles. The Morgan fingerprint density at radius 3 is 2.76 bits per heavy atom. The van der Waals surface area contributed by atoms with Gasteiger partial charge in [0.2, 0.25) is 0 Å². The van der Waals surface area contributed by atoms with Gasteiger partial charge in [-0.25, -0.2) is 0 Å². The van der Waals surface area contributed by atoms with Crippen molar-refractivity contribution >= 4 is 11.3 Å². The third-order valence-corrected chi connectivity index (χ3v) is 4.40. The fraction of sp³-hybridized carbons (Fsp3) is 0.562. The summed E-state index contributed by atoms with van der Waals surface area (Å²) >= 11 is 1.60. The highest BCUT2D eigenvalue weighted by molar-refractivity contribution is 7.10. The van der Waals surface area contributed by atoms with Crippen LogP contribution >= 0.6 is 11.3 Å². The van der Waals surface area contributed by atoms with E-state index in [9.17, 15) is 5.11 Å². The van der Waals surface area contributed by atoms with Gasteiger partial charge in [0.15, 0.2) is 0 Å². The molecular weight excluding hydrogens is 282 g/mol. The Hall–Kier alpha value is -1.17. The summed E-state index contributed by atoms with van der Waals surface area (Å²) in [5.41, 5.74) is 1.18. The van der Waals surface area contributed by atoms with Gasteiger partial charge in [0.05, 0.1) is 17.8 Å². The summed E-state index contributed by atoms with van der Waals surface area (Å²) in [5.74, 6) is 0. The van der Waals surface area contributed by atoms with E-state index in [1.807, 2.05) is 28.4 Å². The van der Waals surface area contributed by atoms with Gasteiger partial charge < -0.3 is 10.4 Å². The van der Waals surface area contributed by atoms with Crippen molar-refractivity contribution in [2.75, 3.05) is 0 Å². The SMILES string of the molecule is CC(CC(O)c1cccs1)NCc1cnn(C(C)(C)C)c1. The van der Waals surface area contributed by atoms with Crippen molar-refractivity contribution in [2.24, 2.45) is 0 Å². The Balaban J connectivity index is 1.81. The van der Waals surface area contributed by atoms with Gasteiger partial charge in [-0.05, 0) is 45.6 Å². The van der Waals surface area contributed by atoms with Crippen LogP contribution in [0.25, 0.3) is 0 Å². The molecule has 116 valence electrons. The van der Waals surface area contributed by atoms with Crippen molar-refractivity contribution in [2.45, 2.75) is 58.3 Å². The van der Waals surface area contributed by atoms with E-state index >= 15 is 0 Å². The Morgan fingerprint density at radius 2 is 2.19 bits per heavy atom. The van der Waals surface area contributed by atoms with Gasteiger partial charge in [-0.3, -0.25) is 4.68 Å². The molecule has 2 unspecified atom stereocenters. The number of nitrogens with zero attached hydrogens (tertiary/aromatic N) is 2. The zero-order valence-corrected chi connectivity index (χ0v) is 14.0. The first-order chi connectivity index (χ1) is 9.86. The molecule has 0 bridgehead atoms. The first-order valence-electron chi connectivity index (χ1n) is 7.35. The van der Waals surface area contributed by atoms with Crippen LogP contribution in [0.3, 0.4) is 0 Å². The van der Waals surface area contributed by atoms with Crippen molar-refractivity contribution < 1.29 is 5.11 Å². The molecule has 2 N–H and O–H groups in total. The summed E-state index contributed by atoms with van der Waals surface area (Å²) in [4.78, 5) is 1.03. The van der Waals surface area contributed by atoms with Gasteiger partial charge in [-0.1, -0.05) is 6.07 Å². The molecule has 0 radical (unpaired) electrons. The summed E-state index contributed by atoms with van der Waals surface area (Å²) in [6, 6.07) is 4.21. The third kappa shape index (κ3) is 4.66. The number of aliphatic hydroxyl groups is 1. The second kappa shape index (κ2) is 6.73. The smallest absolute Gasteiger partial charge is 0.0896 e. The topological polar surface area (TPSA) is 50.1 Å². The zero-order chi connectivity index (χ0) is 15.5. The summed E-state index contributed by atoms with van der Waals surface area (Å²) < 4.78 is 1.98. The van der Waals surface area contributed by atoms with Crippen molar-refractivity contribution in [3.05, 3.63) is 40.3 Å². The standard InChI is InChI=1S/C16H25N3OS/c1-12(8-14(20)15-6-5-7-21-15)17-9-13-10-18-19(11-13)16(2,3)4/h5-7,10-12,14,17,20H,8-9H2,1-4H3. The normalized spacial score (nSPS) is 15.1. The Labute approximate surface area is 130 Å². The van der Waals surface area contributed by atoms with Gasteiger partial charge >= 0.3 is 0 Å². The highest BCUT2D eigenvalue weighted by atomic mass is 32.1. The molecule has 2 aromatic heterocycles. The van der Waals surface area contributed by atoms with Crippen LogP contribution in [-0.2, 0) is 12.1 Å². The average Bonchev–Trinajstić information content (AvgIpc) is 3.07. The molecule has 2 rings (SSSR count). The molecule has 2 aromatic rings. The first kappa shape index (κ1) is 16.2. The minimum Gasteiger partial charge on any atom is -0.388 e. The lowest BCUT2D eigenvalue weighted by atomic mass is 10.1. The molecule has 0 fully saturated rings. The van der Waals surface area contributed by atoms with Crippen LogP contribution in [0.1, 0.15) is 50.7 Å². The quantitative estimate of drug-likeness (QED) is 0.861. The van der Waals surface area contributed by atoms with E-state index in [4.69, 9.17) is 0 Å². The number of nitrogens with one attached hydrogen (secondary N) is 1. The van der Waals surface area contributed by atoms with Crippen molar-refractivity contribution in [3.8, 4) is 0 Å². The number of aromatic nitrogens is 2. The van der Waals surface area contributed by atoms with Crippen LogP contribution in [-0.4, -0.2) is 20.9 Å². The largest absolute Gasteiger partial charge is 0.388 e. The molecular formula is C16H25N3OS. The van der Waals surface area contributed by atoms with E-state index < -0.39 is 0 Å². The molecule has 0 saturated heterocycles. The summed E-state index contributed by atoms with van der Waals surface area (Å²) in [7, 11) is 0. The maximum Gasteiger partial charge on any atom is 0.0896 e. The van der Waals surface area contributed by atoms with E-state index in [-0.39, 0.29) is 17.7 Å². The lowest BCUT2D eigenvalue weighted by Gasteiger charge is -2.19. The molecule has 0 spiro atoms. The van der Waals surface area contributed by atoms with E-state index in [1.165, 1.54) is 5.56 Å². The minimum atomic E-state index is -0.384. The van der Waals surface area contributed by atoms with E-state index in [1.54, 1.807) is 11.3 Å². The fourth-order valence-corrected chi connectivity index (χ4v) is 2.85. The molecule has 5 heteroatoms. The number of thiophene rings is 1.